The number of hydrogen-bond acceptors (Lipinski definition) is 4. The molecular weight excluding hydrogens is 400 g/mol. The fraction of sp³-hybridized carbons (Fsp3) is 0.188. The van der Waals surface area contributed by atoms with E-state index in [9.17, 15) is 4.79 Å². The van der Waals surface area contributed by atoms with Gasteiger partial charge in [-0.3, -0.25) is 0 Å². The molecule has 0 bridgehead atoms. The van der Waals surface area contributed by atoms with Gasteiger partial charge >= 0.3 is 6.03 Å². The summed E-state index contributed by atoms with van der Waals surface area (Å²) in [6.45, 7) is 0. The van der Waals surface area contributed by atoms with Crippen LogP contribution < -0.4 is 24.8 Å². The minimum Gasteiger partial charge on any atom is -0.493 e. The molecule has 0 spiro atoms. The van der Waals surface area contributed by atoms with Crippen molar-refractivity contribution in [1.29, 1.82) is 0 Å². The second-order valence-corrected chi connectivity index (χ2v) is 5.94. The number of amides is 2. The number of halogens is 2. The molecule has 2 rings (SSSR count). The maximum atomic E-state index is 12.2. The smallest absolute Gasteiger partial charge is 0.323 e. The number of urea groups is 1. The molecule has 0 unspecified atom stereocenters. The quantitative estimate of drug-likeness (QED) is 0.738. The van der Waals surface area contributed by atoms with Gasteiger partial charge < -0.3 is 24.8 Å². The summed E-state index contributed by atoms with van der Waals surface area (Å²) >= 11 is 9.39. The van der Waals surface area contributed by atoms with Gasteiger partial charge in [0.15, 0.2) is 11.5 Å². The van der Waals surface area contributed by atoms with Gasteiger partial charge in [0, 0.05) is 16.6 Å². The zero-order valence-corrected chi connectivity index (χ0v) is 15.6. The van der Waals surface area contributed by atoms with E-state index in [4.69, 9.17) is 25.8 Å². The van der Waals surface area contributed by atoms with E-state index in [1.54, 1.807) is 30.3 Å². The maximum absolute atomic E-state index is 12.2. The molecule has 0 saturated carbocycles. The van der Waals surface area contributed by atoms with E-state index in [0.717, 1.165) is 4.47 Å². The molecule has 0 fully saturated rings. The van der Waals surface area contributed by atoms with E-state index in [0.29, 0.717) is 33.6 Å². The van der Waals surface area contributed by atoms with Crippen molar-refractivity contribution in [3.05, 3.63) is 39.8 Å². The van der Waals surface area contributed by atoms with Crippen LogP contribution in [0.5, 0.6) is 17.2 Å². The Kier molecular flexibility index (Phi) is 6.16. The van der Waals surface area contributed by atoms with Crippen LogP contribution in [0, 0.1) is 0 Å². The van der Waals surface area contributed by atoms with E-state index in [-0.39, 0.29) is 0 Å². The van der Waals surface area contributed by atoms with Crippen LogP contribution in [-0.4, -0.2) is 27.4 Å². The molecule has 2 N–H and O–H groups in total. The van der Waals surface area contributed by atoms with Crippen LogP contribution in [0.4, 0.5) is 16.2 Å². The van der Waals surface area contributed by atoms with Crippen LogP contribution in [0.25, 0.3) is 0 Å². The number of rotatable bonds is 5. The second-order valence-electron chi connectivity index (χ2n) is 4.62. The molecule has 0 aromatic heterocycles. The predicted molar refractivity (Wildman–Crippen MR) is 97.9 cm³/mol. The summed E-state index contributed by atoms with van der Waals surface area (Å²) < 4.78 is 16.6. The summed E-state index contributed by atoms with van der Waals surface area (Å²) in [5, 5.41) is 5.79. The molecule has 0 aliphatic heterocycles. The average Bonchev–Trinajstić information content (AvgIpc) is 2.56. The van der Waals surface area contributed by atoms with Gasteiger partial charge in [0.2, 0.25) is 5.75 Å². The summed E-state index contributed by atoms with van der Waals surface area (Å²) in [6.07, 6.45) is 0. The summed E-state index contributed by atoms with van der Waals surface area (Å²) in [5.41, 5.74) is 0.972. The van der Waals surface area contributed by atoms with Crippen LogP contribution in [0.3, 0.4) is 0 Å². The van der Waals surface area contributed by atoms with Gasteiger partial charge in [0.25, 0.3) is 0 Å². The Balaban J connectivity index is 2.19. The van der Waals surface area contributed by atoms with Gasteiger partial charge in [-0.25, -0.2) is 4.79 Å². The normalized spacial score (nSPS) is 10.0. The molecule has 0 atom stereocenters. The first-order chi connectivity index (χ1) is 11.5. The lowest BCUT2D eigenvalue weighted by molar-refractivity contribution is 0.262. The largest absolute Gasteiger partial charge is 0.493 e. The molecule has 0 heterocycles. The van der Waals surface area contributed by atoms with Crippen LogP contribution in [0.1, 0.15) is 0 Å². The van der Waals surface area contributed by atoms with Crippen molar-refractivity contribution in [2.75, 3.05) is 32.0 Å². The number of benzene rings is 2. The Bertz CT molecular complexity index is 730. The van der Waals surface area contributed by atoms with Crippen molar-refractivity contribution < 1.29 is 19.0 Å². The van der Waals surface area contributed by atoms with E-state index < -0.39 is 6.03 Å². The third-order valence-corrected chi connectivity index (χ3v) is 3.91. The highest BCUT2D eigenvalue weighted by Gasteiger charge is 2.15. The van der Waals surface area contributed by atoms with Crippen molar-refractivity contribution in [2.45, 2.75) is 0 Å². The molecule has 6 nitrogen and oxygen atoms in total. The summed E-state index contributed by atoms with van der Waals surface area (Å²) in [7, 11) is 4.52. The monoisotopic (exact) mass is 414 g/mol. The molecule has 24 heavy (non-hydrogen) atoms. The van der Waals surface area contributed by atoms with Crippen LogP contribution >= 0.6 is 27.5 Å². The Morgan fingerprint density at radius 1 is 1.00 bits per heavy atom. The van der Waals surface area contributed by atoms with E-state index in [1.807, 2.05) is 0 Å². The van der Waals surface area contributed by atoms with Crippen molar-refractivity contribution in [3.63, 3.8) is 0 Å². The topological polar surface area (TPSA) is 68.8 Å². The zero-order valence-electron chi connectivity index (χ0n) is 13.3. The Morgan fingerprint density at radius 3 is 2.12 bits per heavy atom. The number of carbonyl (C=O) groups excluding carboxylic acids is 1. The van der Waals surface area contributed by atoms with Crippen LogP contribution in [0.15, 0.2) is 34.8 Å². The number of carbonyl (C=O) groups is 1. The standard InChI is InChI=1S/C16H16BrClN2O4/c1-22-13-7-10(8-14(23-2)15(13)24-3)19-16(21)20-12-5-4-9(17)6-11(12)18/h4-8H,1-3H3,(H2,19,20,21). The Morgan fingerprint density at radius 2 is 1.62 bits per heavy atom. The first-order valence-electron chi connectivity index (χ1n) is 6.81. The first-order valence-corrected chi connectivity index (χ1v) is 7.98. The van der Waals surface area contributed by atoms with Gasteiger partial charge in [0.05, 0.1) is 37.7 Å². The molecule has 2 aromatic carbocycles. The first kappa shape index (κ1) is 18.2. The molecule has 0 saturated heterocycles. The Hall–Kier alpha value is -2.12. The molecule has 8 heteroatoms. The van der Waals surface area contributed by atoms with E-state index in [1.165, 1.54) is 21.3 Å². The van der Waals surface area contributed by atoms with Gasteiger partial charge in [0.1, 0.15) is 0 Å². The summed E-state index contributed by atoms with van der Waals surface area (Å²) in [6, 6.07) is 7.97. The highest BCUT2D eigenvalue weighted by molar-refractivity contribution is 9.10. The minimum absolute atomic E-state index is 0.421. The van der Waals surface area contributed by atoms with Crippen molar-refractivity contribution in [2.24, 2.45) is 0 Å². The molecule has 0 aliphatic rings. The molecule has 2 aromatic rings. The molecular formula is C16H16BrClN2O4. The SMILES string of the molecule is COc1cc(NC(=O)Nc2ccc(Br)cc2Cl)cc(OC)c1OC. The third kappa shape index (κ3) is 4.24. The molecule has 128 valence electrons. The van der Waals surface area contributed by atoms with Crippen LogP contribution in [-0.2, 0) is 0 Å². The third-order valence-electron chi connectivity index (χ3n) is 3.10. The van der Waals surface area contributed by atoms with Crippen LogP contribution in [0.2, 0.25) is 5.02 Å². The Labute approximate surface area is 153 Å². The summed E-state index contributed by atoms with van der Waals surface area (Å²) in [4.78, 5) is 12.2. The highest BCUT2D eigenvalue weighted by atomic mass is 79.9. The van der Waals surface area contributed by atoms with Gasteiger partial charge in [-0.15, -0.1) is 0 Å². The zero-order chi connectivity index (χ0) is 17.7. The van der Waals surface area contributed by atoms with Crippen molar-refractivity contribution in [3.8, 4) is 17.2 Å². The number of ether oxygens (including phenoxy) is 3. The van der Waals surface area contributed by atoms with Gasteiger partial charge in [-0.1, -0.05) is 27.5 Å². The second kappa shape index (κ2) is 8.12. The number of hydrogen-bond donors (Lipinski definition) is 2. The molecule has 0 radical (unpaired) electrons. The fourth-order valence-electron chi connectivity index (χ4n) is 2.03. The summed E-state index contributed by atoms with van der Waals surface area (Å²) in [5.74, 6) is 1.32. The maximum Gasteiger partial charge on any atom is 0.323 e. The average molecular weight is 416 g/mol. The number of methoxy groups -OCH3 is 3. The number of anilines is 2. The lowest BCUT2D eigenvalue weighted by atomic mass is 10.2. The molecule has 0 aliphatic carbocycles. The fourth-order valence-corrected chi connectivity index (χ4v) is 2.75. The minimum atomic E-state index is -0.450. The van der Waals surface area contributed by atoms with Gasteiger partial charge in [-0.05, 0) is 18.2 Å². The van der Waals surface area contributed by atoms with E-state index in [2.05, 4.69) is 26.6 Å². The number of nitrogens with one attached hydrogen (secondary N) is 2. The highest BCUT2D eigenvalue weighted by Crippen LogP contribution is 2.40. The lowest BCUT2D eigenvalue weighted by Crippen LogP contribution is -2.19. The van der Waals surface area contributed by atoms with Gasteiger partial charge in [-0.2, -0.15) is 0 Å². The van der Waals surface area contributed by atoms with Crippen molar-refractivity contribution in [1.82, 2.24) is 0 Å². The lowest BCUT2D eigenvalue weighted by Gasteiger charge is -2.15. The molecule has 2 amide bonds. The van der Waals surface area contributed by atoms with Crippen molar-refractivity contribution >= 4 is 44.9 Å². The predicted octanol–water partition coefficient (Wildman–Crippen LogP) is 4.77. The van der Waals surface area contributed by atoms with E-state index >= 15 is 0 Å².